The van der Waals surface area contributed by atoms with E-state index in [1.807, 2.05) is 6.92 Å². The van der Waals surface area contributed by atoms with Crippen LogP contribution < -0.4 is 20.3 Å². The Balaban J connectivity index is 1.51. The summed E-state index contributed by atoms with van der Waals surface area (Å²) in [5.41, 5.74) is 1.90. The van der Waals surface area contributed by atoms with E-state index in [2.05, 4.69) is 47.2 Å². The molecule has 0 spiro atoms. The molecule has 2 N–H and O–H groups in total. The summed E-state index contributed by atoms with van der Waals surface area (Å²) < 4.78 is 11.2. The lowest BCUT2D eigenvalue weighted by molar-refractivity contribution is -0.122. The second-order valence-corrected chi connectivity index (χ2v) is 10.7. The molecule has 3 aromatic rings. The SMILES string of the molecule is COC(=O)c1ccc(N2C(=O)NC(=O)/C(=C/c3cc(Br)c(OCC(=O)Nc4ccc(C)c(Cl)c4)c(Br)c3)C2=O)cc1. The molecule has 3 aromatic carbocycles. The first kappa shape index (κ1) is 30.0. The van der Waals surface area contributed by atoms with E-state index in [-0.39, 0.29) is 23.4 Å². The number of imide groups is 2. The number of nitrogens with zero attached hydrogens (tertiary/aromatic N) is 1. The summed E-state index contributed by atoms with van der Waals surface area (Å²) in [6.07, 6.45) is 1.31. The van der Waals surface area contributed by atoms with Gasteiger partial charge in [0.2, 0.25) is 0 Å². The normalized spacial score (nSPS) is 14.1. The zero-order valence-corrected chi connectivity index (χ0v) is 25.3. The predicted octanol–water partition coefficient (Wildman–Crippen LogP) is 5.64. The molecule has 5 amide bonds. The number of amides is 5. The van der Waals surface area contributed by atoms with E-state index in [4.69, 9.17) is 16.3 Å². The topological polar surface area (TPSA) is 131 Å². The fourth-order valence-electron chi connectivity index (χ4n) is 3.73. The number of barbiturate groups is 1. The number of nitrogens with one attached hydrogen (secondary N) is 2. The van der Waals surface area contributed by atoms with Gasteiger partial charge in [-0.15, -0.1) is 0 Å². The van der Waals surface area contributed by atoms with Gasteiger partial charge in [-0.1, -0.05) is 17.7 Å². The van der Waals surface area contributed by atoms with Crippen LogP contribution in [0, 0.1) is 6.92 Å². The van der Waals surface area contributed by atoms with Gasteiger partial charge >= 0.3 is 12.0 Å². The van der Waals surface area contributed by atoms with E-state index in [0.717, 1.165) is 10.5 Å². The van der Waals surface area contributed by atoms with Gasteiger partial charge in [0, 0.05) is 10.7 Å². The summed E-state index contributed by atoms with van der Waals surface area (Å²) in [7, 11) is 1.23. The number of rotatable bonds is 7. The summed E-state index contributed by atoms with van der Waals surface area (Å²) in [4.78, 5) is 63.2. The summed E-state index contributed by atoms with van der Waals surface area (Å²) in [5.74, 6) is -2.41. The molecule has 13 heteroatoms. The first-order chi connectivity index (χ1) is 19.5. The average molecular weight is 706 g/mol. The Morgan fingerprint density at radius 3 is 2.29 bits per heavy atom. The third-order valence-electron chi connectivity index (χ3n) is 5.78. The number of urea groups is 1. The van der Waals surface area contributed by atoms with Crippen LogP contribution in [0.3, 0.4) is 0 Å². The molecule has 0 bridgehead atoms. The monoisotopic (exact) mass is 703 g/mol. The van der Waals surface area contributed by atoms with E-state index in [9.17, 15) is 24.0 Å². The van der Waals surface area contributed by atoms with Crippen molar-refractivity contribution in [2.75, 3.05) is 23.9 Å². The lowest BCUT2D eigenvalue weighted by Crippen LogP contribution is -2.54. The zero-order chi connectivity index (χ0) is 29.8. The van der Waals surface area contributed by atoms with E-state index >= 15 is 0 Å². The maximum absolute atomic E-state index is 13.2. The van der Waals surface area contributed by atoms with E-state index in [0.29, 0.717) is 31.0 Å². The largest absolute Gasteiger partial charge is 0.481 e. The van der Waals surface area contributed by atoms with Crippen molar-refractivity contribution < 1.29 is 33.4 Å². The van der Waals surface area contributed by atoms with Gasteiger partial charge < -0.3 is 14.8 Å². The lowest BCUT2D eigenvalue weighted by Gasteiger charge is -2.26. The number of halogens is 3. The van der Waals surface area contributed by atoms with Crippen molar-refractivity contribution in [3.05, 3.63) is 90.8 Å². The van der Waals surface area contributed by atoms with Crippen LogP contribution in [-0.4, -0.2) is 43.4 Å². The van der Waals surface area contributed by atoms with Gasteiger partial charge in [0.15, 0.2) is 6.61 Å². The number of benzene rings is 3. The minimum atomic E-state index is -0.930. The molecular weight excluding hydrogens is 686 g/mol. The van der Waals surface area contributed by atoms with Crippen molar-refractivity contribution in [1.82, 2.24) is 5.32 Å². The van der Waals surface area contributed by atoms with Gasteiger partial charge in [-0.2, -0.15) is 0 Å². The Bertz CT molecular complexity index is 1600. The van der Waals surface area contributed by atoms with Crippen molar-refractivity contribution >= 4 is 90.6 Å². The highest BCUT2D eigenvalue weighted by molar-refractivity contribution is 9.11. The number of hydrogen-bond donors (Lipinski definition) is 2. The molecule has 0 radical (unpaired) electrons. The molecule has 210 valence electrons. The summed E-state index contributed by atoms with van der Waals surface area (Å²) >= 11 is 12.9. The standard InChI is InChI=1S/C28H20Br2ClN3O7/c1-14-3-6-17(12-22(14)31)32-23(35)13-41-24-20(29)10-15(11-21(24)30)9-19-25(36)33-28(39)34(26(19)37)18-7-4-16(5-8-18)27(38)40-2/h3-12H,13H2,1-2H3,(H,32,35)(H,33,36,39)/b19-9-. The number of methoxy groups -OCH3 is 1. The number of esters is 1. The Labute approximate surface area is 255 Å². The molecule has 0 atom stereocenters. The minimum Gasteiger partial charge on any atom is -0.481 e. The fraction of sp³-hybridized carbons (Fsp3) is 0.107. The highest BCUT2D eigenvalue weighted by atomic mass is 79.9. The third kappa shape index (κ3) is 6.84. The molecular formula is C28H20Br2ClN3O7. The zero-order valence-electron chi connectivity index (χ0n) is 21.4. The van der Waals surface area contributed by atoms with Crippen molar-refractivity contribution in [3.8, 4) is 5.75 Å². The molecule has 1 fully saturated rings. The van der Waals surface area contributed by atoms with Crippen LogP contribution in [0.15, 0.2) is 69.1 Å². The molecule has 10 nitrogen and oxygen atoms in total. The van der Waals surface area contributed by atoms with Gasteiger partial charge in [-0.3, -0.25) is 19.7 Å². The van der Waals surface area contributed by atoms with Crippen LogP contribution in [0.1, 0.15) is 21.5 Å². The summed E-state index contributed by atoms with van der Waals surface area (Å²) in [5, 5.41) is 5.37. The predicted molar refractivity (Wildman–Crippen MR) is 159 cm³/mol. The Morgan fingerprint density at radius 2 is 1.68 bits per heavy atom. The molecule has 1 aliphatic heterocycles. The van der Waals surface area contributed by atoms with Crippen LogP contribution in [0.25, 0.3) is 6.08 Å². The second-order valence-electron chi connectivity index (χ2n) is 8.61. The number of carbonyl (C=O) groups is 5. The Hall–Kier alpha value is -4.00. The highest BCUT2D eigenvalue weighted by Crippen LogP contribution is 2.36. The lowest BCUT2D eigenvalue weighted by atomic mass is 10.1. The van der Waals surface area contributed by atoms with Crippen molar-refractivity contribution in [2.45, 2.75) is 6.92 Å². The van der Waals surface area contributed by atoms with Gasteiger partial charge in [0.05, 0.1) is 27.3 Å². The molecule has 1 aliphatic rings. The molecule has 0 unspecified atom stereocenters. The molecule has 41 heavy (non-hydrogen) atoms. The van der Waals surface area contributed by atoms with Gasteiger partial charge in [-0.05, 0) is 105 Å². The Kier molecular flexibility index (Phi) is 9.26. The first-order valence-electron chi connectivity index (χ1n) is 11.8. The molecule has 0 aliphatic carbocycles. The van der Waals surface area contributed by atoms with Gasteiger partial charge in [0.25, 0.3) is 17.7 Å². The molecule has 1 heterocycles. The molecule has 0 saturated carbocycles. The summed E-state index contributed by atoms with van der Waals surface area (Å²) in [6.45, 7) is 1.54. The number of carbonyl (C=O) groups excluding carboxylic acids is 5. The van der Waals surface area contributed by atoms with Crippen molar-refractivity contribution in [3.63, 3.8) is 0 Å². The second kappa shape index (κ2) is 12.7. The highest BCUT2D eigenvalue weighted by Gasteiger charge is 2.37. The Morgan fingerprint density at radius 1 is 1.02 bits per heavy atom. The third-order valence-corrected chi connectivity index (χ3v) is 7.37. The van der Waals surface area contributed by atoms with Gasteiger partial charge in [0.1, 0.15) is 11.3 Å². The van der Waals surface area contributed by atoms with Crippen molar-refractivity contribution in [1.29, 1.82) is 0 Å². The van der Waals surface area contributed by atoms with Gasteiger partial charge in [-0.25, -0.2) is 14.5 Å². The summed E-state index contributed by atoms with van der Waals surface area (Å²) in [6, 6.07) is 12.9. The van der Waals surface area contributed by atoms with Crippen LogP contribution in [-0.2, 0) is 19.1 Å². The van der Waals surface area contributed by atoms with Crippen LogP contribution in [0.2, 0.25) is 5.02 Å². The molecule has 4 rings (SSSR count). The minimum absolute atomic E-state index is 0.149. The average Bonchev–Trinajstić information content (AvgIpc) is 2.92. The number of aryl methyl sites for hydroxylation is 1. The smallest absolute Gasteiger partial charge is 0.337 e. The maximum atomic E-state index is 13.2. The van der Waals surface area contributed by atoms with E-state index in [1.165, 1.54) is 37.5 Å². The molecule has 0 aromatic heterocycles. The van der Waals surface area contributed by atoms with E-state index in [1.54, 1.807) is 30.3 Å². The first-order valence-corrected chi connectivity index (χ1v) is 13.7. The van der Waals surface area contributed by atoms with Crippen LogP contribution >= 0.6 is 43.5 Å². The van der Waals surface area contributed by atoms with Crippen LogP contribution in [0.4, 0.5) is 16.2 Å². The van der Waals surface area contributed by atoms with E-state index < -0.39 is 29.7 Å². The van der Waals surface area contributed by atoms with Crippen molar-refractivity contribution in [2.24, 2.45) is 0 Å². The number of ether oxygens (including phenoxy) is 2. The number of anilines is 2. The van der Waals surface area contributed by atoms with Crippen LogP contribution in [0.5, 0.6) is 5.75 Å². The fourth-order valence-corrected chi connectivity index (χ4v) is 5.36. The quantitative estimate of drug-likeness (QED) is 0.185. The number of hydrogen-bond acceptors (Lipinski definition) is 7. The maximum Gasteiger partial charge on any atom is 0.337 e. The molecule has 1 saturated heterocycles.